The second-order valence-corrected chi connectivity index (χ2v) is 3.03. The first-order chi connectivity index (χ1) is 8.04. The summed E-state index contributed by atoms with van der Waals surface area (Å²) in [4.78, 5) is 34.7. The Morgan fingerprint density at radius 2 is 1.59 bits per heavy atom. The Bertz CT molecular complexity index is 307. The van der Waals surface area contributed by atoms with Crippen LogP contribution in [-0.2, 0) is 23.9 Å². The molecule has 0 saturated heterocycles. The average molecular weight is 243 g/mol. The first-order valence-corrected chi connectivity index (χ1v) is 5.25. The topological polar surface area (TPSA) is 72.9 Å². The van der Waals surface area contributed by atoms with Gasteiger partial charge >= 0.3 is 11.9 Å². The van der Waals surface area contributed by atoms with E-state index in [9.17, 15) is 14.4 Å². The van der Waals surface area contributed by atoms with E-state index in [2.05, 4.69) is 9.47 Å². The standard InChI is InChI=1S/C11H17NO5/c1-4-12(5-2)9(13)8-17-11(15)7-6-10(14)16-3/h6-7H,4-5,8H2,1-3H3/b7-6-. The zero-order valence-corrected chi connectivity index (χ0v) is 10.3. The summed E-state index contributed by atoms with van der Waals surface area (Å²) in [7, 11) is 1.20. The lowest BCUT2D eigenvalue weighted by atomic mass is 10.4. The van der Waals surface area contributed by atoms with Crippen LogP contribution in [0, 0.1) is 0 Å². The second kappa shape index (κ2) is 8.32. The summed E-state index contributed by atoms with van der Waals surface area (Å²) < 4.78 is 8.95. The van der Waals surface area contributed by atoms with Gasteiger partial charge in [-0.3, -0.25) is 4.79 Å². The maximum atomic E-state index is 11.4. The molecule has 96 valence electrons. The van der Waals surface area contributed by atoms with Gasteiger partial charge in [-0.05, 0) is 13.8 Å². The molecule has 6 nitrogen and oxygen atoms in total. The molecule has 6 heteroatoms. The number of rotatable bonds is 6. The first kappa shape index (κ1) is 15.2. The van der Waals surface area contributed by atoms with Crippen molar-refractivity contribution in [3.63, 3.8) is 0 Å². The van der Waals surface area contributed by atoms with Crippen LogP contribution in [0.4, 0.5) is 0 Å². The summed E-state index contributed by atoms with van der Waals surface area (Å²) in [5, 5.41) is 0. The Hall–Kier alpha value is -1.85. The maximum absolute atomic E-state index is 11.4. The van der Waals surface area contributed by atoms with Crippen molar-refractivity contribution in [2.75, 3.05) is 26.8 Å². The van der Waals surface area contributed by atoms with Gasteiger partial charge in [-0.15, -0.1) is 0 Å². The fourth-order valence-corrected chi connectivity index (χ4v) is 1.05. The van der Waals surface area contributed by atoms with E-state index in [1.165, 1.54) is 12.0 Å². The minimum absolute atomic E-state index is 0.269. The van der Waals surface area contributed by atoms with Crippen molar-refractivity contribution in [1.82, 2.24) is 4.90 Å². The van der Waals surface area contributed by atoms with Crippen LogP contribution in [-0.4, -0.2) is 49.6 Å². The molecule has 0 spiro atoms. The van der Waals surface area contributed by atoms with Crippen molar-refractivity contribution in [2.24, 2.45) is 0 Å². The molecule has 0 N–H and O–H groups in total. The molecule has 0 aromatic heterocycles. The van der Waals surface area contributed by atoms with Crippen LogP contribution in [0.1, 0.15) is 13.8 Å². The Labute approximate surface area is 100 Å². The van der Waals surface area contributed by atoms with Crippen LogP contribution >= 0.6 is 0 Å². The number of ether oxygens (including phenoxy) is 2. The molecule has 0 aliphatic heterocycles. The lowest BCUT2D eigenvalue weighted by Crippen LogP contribution is -2.34. The van der Waals surface area contributed by atoms with Gasteiger partial charge in [0.1, 0.15) is 0 Å². The molecule has 0 saturated carbocycles. The highest BCUT2D eigenvalue weighted by Gasteiger charge is 2.11. The van der Waals surface area contributed by atoms with E-state index in [0.717, 1.165) is 12.2 Å². The van der Waals surface area contributed by atoms with Crippen LogP contribution in [0.25, 0.3) is 0 Å². The number of likely N-dealkylation sites (N-methyl/N-ethyl adjacent to an activating group) is 1. The van der Waals surface area contributed by atoms with Gasteiger partial charge in [-0.25, -0.2) is 9.59 Å². The van der Waals surface area contributed by atoms with Gasteiger partial charge < -0.3 is 14.4 Å². The highest BCUT2D eigenvalue weighted by Crippen LogP contribution is 1.91. The number of carbonyl (C=O) groups excluding carboxylic acids is 3. The number of nitrogens with zero attached hydrogens (tertiary/aromatic N) is 1. The molecule has 0 aromatic rings. The van der Waals surface area contributed by atoms with Gasteiger partial charge in [-0.2, -0.15) is 0 Å². The number of amides is 1. The van der Waals surface area contributed by atoms with Crippen molar-refractivity contribution in [3.05, 3.63) is 12.2 Å². The zero-order chi connectivity index (χ0) is 13.3. The predicted molar refractivity (Wildman–Crippen MR) is 60.0 cm³/mol. The molecule has 0 atom stereocenters. The molecular weight excluding hydrogens is 226 g/mol. The summed E-state index contributed by atoms with van der Waals surface area (Å²) in [5.41, 5.74) is 0. The van der Waals surface area contributed by atoms with Crippen LogP contribution in [0.5, 0.6) is 0 Å². The van der Waals surface area contributed by atoms with Crippen molar-refractivity contribution < 1.29 is 23.9 Å². The van der Waals surface area contributed by atoms with Gasteiger partial charge in [0, 0.05) is 25.2 Å². The van der Waals surface area contributed by atoms with E-state index in [4.69, 9.17) is 0 Å². The summed E-state index contributed by atoms with van der Waals surface area (Å²) in [6.07, 6.45) is 1.85. The largest absolute Gasteiger partial charge is 0.466 e. The highest BCUT2D eigenvalue weighted by atomic mass is 16.5. The summed E-state index contributed by atoms with van der Waals surface area (Å²) in [6, 6.07) is 0. The third-order valence-corrected chi connectivity index (χ3v) is 2.01. The normalized spacial score (nSPS) is 10.1. The minimum Gasteiger partial charge on any atom is -0.466 e. The fourth-order valence-electron chi connectivity index (χ4n) is 1.05. The number of methoxy groups -OCH3 is 1. The Morgan fingerprint density at radius 3 is 2.06 bits per heavy atom. The van der Waals surface area contributed by atoms with E-state index in [1.54, 1.807) is 0 Å². The molecular formula is C11H17NO5. The molecule has 0 aliphatic rings. The summed E-state index contributed by atoms with van der Waals surface area (Å²) >= 11 is 0. The highest BCUT2D eigenvalue weighted by molar-refractivity contribution is 5.92. The van der Waals surface area contributed by atoms with E-state index in [-0.39, 0.29) is 12.5 Å². The van der Waals surface area contributed by atoms with Crippen LogP contribution in [0.3, 0.4) is 0 Å². The van der Waals surface area contributed by atoms with E-state index >= 15 is 0 Å². The summed E-state index contributed by atoms with van der Waals surface area (Å²) in [6.45, 7) is 4.46. The third-order valence-electron chi connectivity index (χ3n) is 2.01. The quantitative estimate of drug-likeness (QED) is 0.489. The lowest BCUT2D eigenvalue weighted by Gasteiger charge is -2.17. The zero-order valence-electron chi connectivity index (χ0n) is 10.3. The van der Waals surface area contributed by atoms with E-state index < -0.39 is 11.9 Å². The van der Waals surface area contributed by atoms with Crippen LogP contribution < -0.4 is 0 Å². The maximum Gasteiger partial charge on any atom is 0.331 e. The van der Waals surface area contributed by atoms with Crippen molar-refractivity contribution in [2.45, 2.75) is 13.8 Å². The third kappa shape index (κ3) is 6.34. The molecule has 0 unspecified atom stereocenters. The molecule has 0 heterocycles. The van der Waals surface area contributed by atoms with Crippen molar-refractivity contribution >= 4 is 17.8 Å². The predicted octanol–water partition coefficient (Wildman–Crippen LogP) is 0.127. The monoisotopic (exact) mass is 243 g/mol. The van der Waals surface area contributed by atoms with Crippen molar-refractivity contribution in [1.29, 1.82) is 0 Å². The van der Waals surface area contributed by atoms with E-state index in [1.807, 2.05) is 13.8 Å². The molecule has 0 bridgehead atoms. The molecule has 17 heavy (non-hydrogen) atoms. The summed E-state index contributed by atoms with van der Waals surface area (Å²) in [5.74, 6) is -1.68. The molecule has 0 rings (SSSR count). The first-order valence-electron chi connectivity index (χ1n) is 5.25. The smallest absolute Gasteiger partial charge is 0.331 e. The Kier molecular flexibility index (Phi) is 7.41. The Balaban J connectivity index is 4.04. The number of hydrogen-bond donors (Lipinski definition) is 0. The van der Waals surface area contributed by atoms with Gasteiger partial charge in [-0.1, -0.05) is 0 Å². The molecule has 0 aliphatic carbocycles. The average Bonchev–Trinajstić information content (AvgIpc) is 2.34. The van der Waals surface area contributed by atoms with E-state index in [0.29, 0.717) is 13.1 Å². The number of hydrogen-bond acceptors (Lipinski definition) is 5. The Morgan fingerprint density at radius 1 is 1.06 bits per heavy atom. The van der Waals surface area contributed by atoms with Crippen LogP contribution in [0.2, 0.25) is 0 Å². The van der Waals surface area contributed by atoms with Gasteiger partial charge in [0.15, 0.2) is 6.61 Å². The van der Waals surface area contributed by atoms with Crippen LogP contribution in [0.15, 0.2) is 12.2 Å². The number of esters is 2. The lowest BCUT2D eigenvalue weighted by molar-refractivity contribution is -0.148. The molecule has 0 aromatic carbocycles. The number of carbonyl (C=O) groups is 3. The van der Waals surface area contributed by atoms with Gasteiger partial charge in [0.05, 0.1) is 7.11 Å². The SMILES string of the molecule is CCN(CC)C(=O)COC(=O)/C=C\C(=O)OC. The van der Waals surface area contributed by atoms with Gasteiger partial charge in [0.2, 0.25) is 0 Å². The van der Waals surface area contributed by atoms with Gasteiger partial charge in [0.25, 0.3) is 5.91 Å². The molecule has 1 amide bonds. The fraction of sp³-hybridized carbons (Fsp3) is 0.545. The minimum atomic E-state index is -0.754. The molecule has 0 radical (unpaired) electrons. The van der Waals surface area contributed by atoms with Crippen molar-refractivity contribution in [3.8, 4) is 0 Å². The molecule has 0 fully saturated rings. The second-order valence-electron chi connectivity index (χ2n) is 3.03.